The first-order valence-electron chi connectivity index (χ1n) is 7.21. The van der Waals surface area contributed by atoms with Gasteiger partial charge in [-0.05, 0) is 37.3 Å². The fourth-order valence-corrected chi connectivity index (χ4v) is 2.26. The van der Waals surface area contributed by atoms with E-state index in [1.165, 1.54) is 6.08 Å². The number of hydrogen-bond acceptors (Lipinski definition) is 3. The summed E-state index contributed by atoms with van der Waals surface area (Å²) in [6.45, 7) is 2.52. The van der Waals surface area contributed by atoms with Crippen LogP contribution in [0.3, 0.4) is 0 Å². The predicted octanol–water partition coefficient (Wildman–Crippen LogP) is 4.73. The second-order valence-electron chi connectivity index (χ2n) is 4.82. The second kappa shape index (κ2) is 6.31. The zero-order chi connectivity index (χ0) is 15.4. The summed E-state index contributed by atoms with van der Waals surface area (Å²) in [4.78, 5) is 12.2. The molecule has 0 amide bonds. The number of carbonyl (C=O) groups excluding carboxylic acids is 1. The molecule has 22 heavy (non-hydrogen) atoms. The Bertz CT molecular complexity index is 794. The summed E-state index contributed by atoms with van der Waals surface area (Å²) in [6.07, 6.45) is 3.26. The van der Waals surface area contributed by atoms with Crippen LogP contribution in [0.5, 0.6) is 5.75 Å². The Morgan fingerprint density at radius 3 is 2.73 bits per heavy atom. The maximum atomic E-state index is 12.2. The van der Waals surface area contributed by atoms with Gasteiger partial charge in [0, 0.05) is 10.9 Å². The fourth-order valence-electron chi connectivity index (χ4n) is 2.26. The van der Waals surface area contributed by atoms with Crippen LogP contribution in [0.15, 0.2) is 65.1 Å². The first-order valence-corrected chi connectivity index (χ1v) is 7.21. The molecule has 0 unspecified atom stereocenters. The van der Waals surface area contributed by atoms with Crippen molar-refractivity contribution in [1.29, 1.82) is 0 Å². The summed E-state index contributed by atoms with van der Waals surface area (Å²) >= 11 is 0. The van der Waals surface area contributed by atoms with Crippen LogP contribution in [-0.2, 0) is 0 Å². The Morgan fingerprint density at radius 1 is 1.14 bits per heavy atom. The topological polar surface area (TPSA) is 39.4 Å². The van der Waals surface area contributed by atoms with Crippen molar-refractivity contribution in [3.8, 4) is 5.75 Å². The van der Waals surface area contributed by atoms with Gasteiger partial charge >= 0.3 is 0 Å². The molecule has 0 radical (unpaired) electrons. The summed E-state index contributed by atoms with van der Waals surface area (Å²) in [7, 11) is 0. The summed E-state index contributed by atoms with van der Waals surface area (Å²) in [5.74, 6) is 0.937. The smallest absolute Gasteiger partial charge is 0.221 e. The van der Waals surface area contributed by atoms with E-state index >= 15 is 0 Å². The number of carbonyl (C=O) groups is 1. The fraction of sp³-hybridized carbons (Fsp3) is 0.105. The van der Waals surface area contributed by atoms with Gasteiger partial charge in [-0.1, -0.05) is 36.4 Å². The summed E-state index contributed by atoms with van der Waals surface area (Å²) in [5.41, 5.74) is 1.59. The first-order chi connectivity index (χ1) is 10.8. The molecule has 3 heteroatoms. The zero-order valence-corrected chi connectivity index (χ0v) is 12.3. The van der Waals surface area contributed by atoms with Crippen molar-refractivity contribution in [2.45, 2.75) is 6.92 Å². The molecule has 110 valence electrons. The van der Waals surface area contributed by atoms with Crippen molar-refractivity contribution in [1.82, 2.24) is 0 Å². The minimum absolute atomic E-state index is 0.164. The normalized spacial score (nSPS) is 11.1. The van der Waals surface area contributed by atoms with E-state index in [4.69, 9.17) is 9.15 Å². The van der Waals surface area contributed by atoms with Gasteiger partial charge in [0.1, 0.15) is 11.3 Å². The lowest BCUT2D eigenvalue weighted by molar-refractivity contribution is 0.102. The third kappa shape index (κ3) is 2.93. The number of furan rings is 1. The number of allylic oxidation sites excluding steroid dienone is 1. The highest BCUT2D eigenvalue weighted by molar-refractivity contribution is 6.07. The van der Waals surface area contributed by atoms with Gasteiger partial charge < -0.3 is 9.15 Å². The molecule has 0 atom stereocenters. The van der Waals surface area contributed by atoms with E-state index in [0.29, 0.717) is 18.0 Å². The van der Waals surface area contributed by atoms with Gasteiger partial charge in [0.25, 0.3) is 0 Å². The average molecular weight is 292 g/mol. The highest BCUT2D eigenvalue weighted by Crippen LogP contribution is 2.22. The van der Waals surface area contributed by atoms with E-state index in [9.17, 15) is 4.79 Å². The molecule has 0 aliphatic rings. The quantitative estimate of drug-likeness (QED) is 0.504. The van der Waals surface area contributed by atoms with Gasteiger partial charge in [-0.3, -0.25) is 4.79 Å². The van der Waals surface area contributed by atoms with Crippen LogP contribution in [0.4, 0.5) is 0 Å². The molecular formula is C19H16O3. The predicted molar refractivity (Wildman–Crippen MR) is 87.2 cm³/mol. The van der Waals surface area contributed by atoms with Crippen LogP contribution < -0.4 is 4.74 Å². The van der Waals surface area contributed by atoms with Gasteiger partial charge in [0.15, 0.2) is 5.76 Å². The SMILES string of the molecule is CCOc1ccccc1/C=C/C(=O)c1cc2ccccc2o1. The Kier molecular flexibility index (Phi) is 4.05. The van der Waals surface area contributed by atoms with Crippen molar-refractivity contribution < 1.29 is 13.9 Å². The van der Waals surface area contributed by atoms with Crippen molar-refractivity contribution in [3.63, 3.8) is 0 Å². The average Bonchev–Trinajstić information content (AvgIpc) is 2.98. The van der Waals surface area contributed by atoms with Crippen LogP contribution in [-0.4, -0.2) is 12.4 Å². The van der Waals surface area contributed by atoms with Gasteiger partial charge in [-0.2, -0.15) is 0 Å². The number of rotatable bonds is 5. The van der Waals surface area contributed by atoms with Crippen LogP contribution >= 0.6 is 0 Å². The van der Waals surface area contributed by atoms with Gasteiger partial charge in [-0.15, -0.1) is 0 Å². The lowest BCUT2D eigenvalue weighted by atomic mass is 10.1. The Morgan fingerprint density at radius 2 is 1.91 bits per heavy atom. The van der Waals surface area contributed by atoms with Gasteiger partial charge in [0.05, 0.1) is 6.61 Å². The van der Waals surface area contributed by atoms with Crippen LogP contribution in [0.2, 0.25) is 0 Å². The Labute approximate surface area is 128 Å². The highest BCUT2D eigenvalue weighted by Gasteiger charge is 2.09. The molecule has 0 aliphatic carbocycles. The standard InChI is InChI=1S/C19H16O3/c1-2-21-17-9-5-3-7-14(17)11-12-16(20)19-13-15-8-4-6-10-18(15)22-19/h3-13H,2H2,1H3/b12-11+. The van der Waals surface area contributed by atoms with Crippen LogP contribution in [0, 0.1) is 0 Å². The number of benzene rings is 2. The number of hydrogen-bond donors (Lipinski definition) is 0. The molecule has 1 aromatic heterocycles. The van der Waals surface area contributed by atoms with Crippen molar-refractivity contribution in [3.05, 3.63) is 72.0 Å². The molecule has 0 fully saturated rings. The molecule has 0 saturated heterocycles. The van der Waals surface area contributed by atoms with E-state index in [1.807, 2.05) is 55.5 Å². The van der Waals surface area contributed by atoms with Crippen molar-refractivity contribution >= 4 is 22.8 Å². The first kappa shape index (κ1) is 14.1. The van der Waals surface area contributed by atoms with Crippen LogP contribution in [0.25, 0.3) is 17.0 Å². The third-order valence-electron chi connectivity index (χ3n) is 3.30. The maximum absolute atomic E-state index is 12.2. The third-order valence-corrected chi connectivity index (χ3v) is 3.30. The molecule has 0 aliphatic heterocycles. The molecule has 0 spiro atoms. The Balaban J connectivity index is 1.84. The molecule has 3 aromatic rings. The van der Waals surface area contributed by atoms with E-state index in [0.717, 1.165) is 16.7 Å². The molecule has 0 saturated carbocycles. The number of ether oxygens (including phenoxy) is 1. The lowest BCUT2D eigenvalue weighted by Gasteiger charge is -2.05. The second-order valence-corrected chi connectivity index (χ2v) is 4.82. The lowest BCUT2D eigenvalue weighted by Crippen LogP contribution is -1.94. The van der Waals surface area contributed by atoms with Gasteiger partial charge in [-0.25, -0.2) is 0 Å². The zero-order valence-electron chi connectivity index (χ0n) is 12.3. The highest BCUT2D eigenvalue weighted by atomic mass is 16.5. The summed E-state index contributed by atoms with van der Waals surface area (Å²) in [6, 6.07) is 16.9. The van der Waals surface area contributed by atoms with Crippen molar-refractivity contribution in [2.24, 2.45) is 0 Å². The molecule has 3 nitrogen and oxygen atoms in total. The molecular weight excluding hydrogens is 276 g/mol. The van der Waals surface area contributed by atoms with E-state index in [1.54, 1.807) is 12.1 Å². The molecule has 3 rings (SSSR count). The summed E-state index contributed by atoms with van der Waals surface area (Å²) < 4.78 is 11.1. The number of fused-ring (bicyclic) bond motifs is 1. The molecule has 2 aromatic carbocycles. The minimum atomic E-state index is -0.164. The number of para-hydroxylation sites is 2. The molecule has 0 N–H and O–H groups in total. The van der Waals surface area contributed by atoms with E-state index in [-0.39, 0.29) is 5.78 Å². The summed E-state index contributed by atoms with van der Waals surface area (Å²) in [5, 5.41) is 0.925. The maximum Gasteiger partial charge on any atom is 0.221 e. The molecule has 0 bridgehead atoms. The molecule has 1 heterocycles. The largest absolute Gasteiger partial charge is 0.493 e. The monoisotopic (exact) mass is 292 g/mol. The van der Waals surface area contributed by atoms with E-state index < -0.39 is 0 Å². The number of ketones is 1. The van der Waals surface area contributed by atoms with E-state index in [2.05, 4.69) is 0 Å². The van der Waals surface area contributed by atoms with Gasteiger partial charge in [0.2, 0.25) is 5.78 Å². The van der Waals surface area contributed by atoms with Crippen molar-refractivity contribution in [2.75, 3.05) is 6.61 Å². The Hall–Kier alpha value is -2.81. The minimum Gasteiger partial charge on any atom is -0.493 e. The van der Waals surface area contributed by atoms with Crippen LogP contribution in [0.1, 0.15) is 23.0 Å².